The Morgan fingerprint density at radius 2 is 1.73 bits per heavy atom. The van der Waals surface area contributed by atoms with Crippen LogP contribution >= 0.6 is 0 Å². The monoisotopic (exact) mass is 441 g/mol. The molecule has 9 nitrogen and oxygen atoms in total. The molecule has 0 spiro atoms. The fourth-order valence-electron chi connectivity index (χ4n) is 3.73. The third kappa shape index (κ3) is 4.16. The molecule has 1 aliphatic heterocycles. The highest BCUT2D eigenvalue weighted by atomic mass is 16.5. The number of anilines is 1. The minimum atomic E-state index is -0.593. The molecule has 2 heterocycles. The number of amides is 1. The summed E-state index contributed by atoms with van der Waals surface area (Å²) < 4.78 is 12.7. The lowest BCUT2D eigenvalue weighted by atomic mass is 10.0. The summed E-state index contributed by atoms with van der Waals surface area (Å²) in [5.74, 6) is -0.315. The summed E-state index contributed by atoms with van der Waals surface area (Å²) in [4.78, 5) is 27.5. The van der Waals surface area contributed by atoms with Crippen molar-refractivity contribution in [3.63, 3.8) is 0 Å². The van der Waals surface area contributed by atoms with Crippen LogP contribution in [0.2, 0.25) is 0 Å². The highest BCUT2D eigenvalue weighted by Crippen LogP contribution is 2.39. The van der Waals surface area contributed by atoms with Crippen LogP contribution in [0.4, 0.5) is 5.69 Å². The number of fused-ring (bicyclic) bond motifs is 1. The number of esters is 1. The molecule has 3 aromatic carbocycles. The van der Waals surface area contributed by atoms with Crippen LogP contribution < -0.4 is 9.64 Å². The minimum absolute atomic E-state index is 0.305. The third-order valence-electron chi connectivity index (χ3n) is 5.33. The number of hydrogen-bond acceptors (Lipinski definition) is 7. The summed E-state index contributed by atoms with van der Waals surface area (Å²) in [5.41, 5.74) is 2.60. The van der Waals surface area contributed by atoms with Gasteiger partial charge in [-0.05, 0) is 52.4 Å². The quantitative estimate of drug-likeness (QED) is 0.439. The standard InChI is InChI=1S/C24H19N5O4/c30-23(15-33-24(31)18-10-12-19(13-11-18)28-16-25-26-27-28)29-20-8-4-5-9-22(20)32-14-21(29)17-6-2-1-3-7-17/h1-13,16,21H,14-15H2. The van der Waals surface area contributed by atoms with Gasteiger partial charge in [0.15, 0.2) is 6.61 Å². The molecule has 33 heavy (non-hydrogen) atoms. The second-order valence-corrected chi connectivity index (χ2v) is 7.35. The molecular formula is C24H19N5O4. The van der Waals surface area contributed by atoms with Gasteiger partial charge in [-0.25, -0.2) is 9.48 Å². The van der Waals surface area contributed by atoms with Gasteiger partial charge < -0.3 is 9.47 Å². The maximum absolute atomic E-state index is 13.3. The van der Waals surface area contributed by atoms with E-state index in [0.717, 1.165) is 5.56 Å². The van der Waals surface area contributed by atoms with Crippen molar-refractivity contribution in [3.05, 3.63) is 96.3 Å². The van der Waals surface area contributed by atoms with E-state index in [4.69, 9.17) is 9.47 Å². The van der Waals surface area contributed by atoms with Crippen molar-refractivity contribution in [3.8, 4) is 11.4 Å². The van der Waals surface area contributed by atoms with Gasteiger partial charge in [0.1, 0.15) is 18.7 Å². The molecule has 1 aromatic heterocycles. The largest absolute Gasteiger partial charge is 0.489 e. The van der Waals surface area contributed by atoms with E-state index in [1.807, 2.05) is 54.6 Å². The minimum Gasteiger partial charge on any atom is -0.489 e. The summed E-state index contributed by atoms with van der Waals surface area (Å²) in [6.45, 7) is -0.0927. The van der Waals surface area contributed by atoms with Gasteiger partial charge in [0, 0.05) is 0 Å². The molecule has 1 amide bonds. The molecule has 0 radical (unpaired) electrons. The van der Waals surface area contributed by atoms with Crippen molar-refractivity contribution < 1.29 is 19.1 Å². The molecule has 5 rings (SSSR count). The van der Waals surface area contributed by atoms with Crippen LogP contribution in [0.5, 0.6) is 5.75 Å². The first kappa shape index (κ1) is 20.4. The van der Waals surface area contributed by atoms with Crippen LogP contribution in [0.1, 0.15) is 22.0 Å². The first-order valence-corrected chi connectivity index (χ1v) is 10.3. The number of ether oxygens (including phenoxy) is 2. The van der Waals surface area contributed by atoms with E-state index in [2.05, 4.69) is 15.5 Å². The molecular weight excluding hydrogens is 422 g/mol. The number of tetrazole rings is 1. The van der Waals surface area contributed by atoms with Crippen LogP contribution in [-0.2, 0) is 9.53 Å². The summed E-state index contributed by atoms with van der Waals surface area (Å²) in [5, 5.41) is 11.0. The lowest BCUT2D eigenvalue weighted by Gasteiger charge is -2.37. The van der Waals surface area contributed by atoms with E-state index in [1.165, 1.54) is 11.0 Å². The van der Waals surface area contributed by atoms with Gasteiger partial charge in [-0.2, -0.15) is 0 Å². The molecule has 164 valence electrons. The van der Waals surface area contributed by atoms with Gasteiger partial charge in [-0.3, -0.25) is 9.69 Å². The van der Waals surface area contributed by atoms with Gasteiger partial charge in [-0.1, -0.05) is 42.5 Å². The van der Waals surface area contributed by atoms with Gasteiger partial charge in [0.05, 0.1) is 23.0 Å². The van der Waals surface area contributed by atoms with Crippen molar-refractivity contribution in [1.29, 1.82) is 0 Å². The van der Waals surface area contributed by atoms with Crippen molar-refractivity contribution >= 4 is 17.6 Å². The zero-order valence-corrected chi connectivity index (χ0v) is 17.4. The second-order valence-electron chi connectivity index (χ2n) is 7.35. The summed E-state index contributed by atoms with van der Waals surface area (Å²) in [6.07, 6.45) is 1.45. The fourth-order valence-corrected chi connectivity index (χ4v) is 3.73. The maximum Gasteiger partial charge on any atom is 0.338 e. The Morgan fingerprint density at radius 1 is 0.970 bits per heavy atom. The predicted octanol–water partition coefficient (Wildman–Crippen LogP) is 2.99. The van der Waals surface area contributed by atoms with E-state index in [9.17, 15) is 9.59 Å². The molecule has 9 heteroatoms. The summed E-state index contributed by atoms with van der Waals surface area (Å²) >= 11 is 0. The Bertz CT molecular complexity index is 1260. The molecule has 1 aliphatic rings. The lowest BCUT2D eigenvalue weighted by molar-refractivity contribution is -0.122. The van der Waals surface area contributed by atoms with Gasteiger partial charge in [-0.15, -0.1) is 5.10 Å². The summed E-state index contributed by atoms with van der Waals surface area (Å²) in [7, 11) is 0. The molecule has 0 N–H and O–H groups in total. The maximum atomic E-state index is 13.3. The number of benzene rings is 3. The highest BCUT2D eigenvalue weighted by molar-refractivity contribution is 5.99. The Balaban J connectivity index is 1.32. The van der Waals surface area contributed by atoms with E-state index >= 15 is 0 Å². The van der Waals surface area contributed by atoms with E-state index in [-0.39, 0.29) is 11.9 Å². The van der Waals surface area contributed by atoms with E-state index < -0.39 is 12.6 Å². The van der Waals surface area contributed by atoms with Crippen LogP contribution in [0.15, 0.2) is 85.2 Å². The van der Waals surface area contributed by atoms with Crippen LogP contribution in [0.3, 0.4) is 0 Å². The third-order valence-corrected chi connectivity index (χ3v) is 5.33. The molecule has 1 unspecified atom stereocenters. The number of hydrogen-bond donors (Lipinski definition) is 0. The molecule has 0 fully saturated rings. The number of rotatable bonds is 5. The normalized spacial score (nSPS) is 14.8. The number of carbonyl (C=O) groups is 2. The first-order valence-electron chi connectivity index (χ1n) is 10.3. The zero-order valence-electron chi connectivity index (χ0n) is 17.4. The lowest BCUT2D eigenvalue weighted by Crippen LogP contribution is -2.43. The van der Waals surface area contributed by atoms with E-state index in [0.29, 0.717) is 29.3 Å². The summed E-state index contributed by atoms with van der Waals surface area (Å²) in [6, 6.07) is 23.2. The van der Waals surface area contributed by atoms with Gasteiger partial charge in [0.25, 0.3) is 5.91 Å². The Morgan fingerprint density at radius 3 is 2.48 bits per heavy atom. The number of nitrogens with zero attached hydrogens (tertiary/aromatic N) is 5. The molecule has 0 aliphatic carbocycles. The SMILES string of the molecule is O=C(OCC(=O)N1c2ccccc2OCC1c1ccccc1)c1ccc(-n2cnnn2)cc1. The average molecular weight is 441 g/mol. The molecule has 1 atom stereocenters. The van der Waals surface area contributed by atoms with Crippen molar-refractivity contribution in [2.24, 2.45) is 0 Å². The first-order chi connectivity index (χ1) is 16.2. The van der Waals surface area contributed by atoms with Crippen molar-refractivity contribution in [2.45, 2.75) is 6.04 Å². The molecule has 4 aromatic rings. The Kier molecular flexibility index (Phi) is 5.50. The second kappa shape index (κ2) is 8.91. The number of aromatic nitrogens is 4. The number of para-hydroxylation sites is 2. The Labute approximate surface area is 189 Å². The fraction of sp³-hybridized carbons (Fsp3) is 0.125. The Hall–Kier alpha value is -4.53. The molecule has 0 bridgehead atoms. The number of carbonyl (C=O) groups excluding carboxylic acids is 2. The smallest absolute Gasteiger partial charge is 0.338 e. The van der Waals surface area contributed by atoms with E-state index in [1.54, 1.807) is 29.2 Å². The average Bonchev–Trinajstić information content (AvgIpc) is 3.42. The zero-order chi connectivity index (χ0) is 22.6. The predicted molar refractivity (Wildman–Crippen MR) is 118 cm³/mol. The van der Waals surface area contributed by atoms with Crippen molar-refractivity contribution in [1.82, 2.24) is 20.2 Å². The highest BCUT2D eigenvalue weighted by Gasteiger charge is 2.33. The van der Waals surface area contributed by atoms with Crippen LogP contribution in [0.25, 0.3) is 5.69 Å². The topological polar surface area (TPSA) is 99.4 Å². The van der Waals surface area contributed by atoms with Gasteiger partial charge in [0.2, 0.25) is 0 Å². The van der Waals surface area contributed by atoms with Gasteiger partial charge >= 0.3 is 5.97 Å². The molecule has 0 saturated carbocycles. The van der Waals surface area contributed by atoms with Crippen molar-refractivity contribution in [2.75, 3.05) is 18.1 Å². The molecule has 0 saturated heterocycles. The van der Waals surface area contributed by atoms with Crippen LogP contribution in [-0.4, -0.2) is 45.3 Å². The van der Waals surface area contributed by atoms with Crippen LogP contribution in [0, 0.1) is 0 Å².